The number of hydrogen-bond donors (Lipinski definition) is 3. The zero-order valence-corrected chi connectivity index (χ0v) is 19.0. The van der Waals surface area contributed by atoms with E-state index in [-0.39, 0.29) is 0 Å². The number of halogens is 3. The molecule has 2 fully saturated rings. The zero-order valence-electron chi connectivity index (χ0n) is 19.0. The molecule has 0 aromatic heterocycles. The van der Waals surface area contributed by atoms with Crippen molar-refractivity contribution in [2.75, 3.05) is 44.2 Å². The van der Waals surface area contributed by atoms with Crippen molar-refractivity contribution in [2.45, 2.75) is 69.8 Å². The average Bonchev–Trinajstić information content (AvgIpc) is 2.79. The summed E-state index contributed by atoms with van der Waals surface area (Å²) in [6.45, 7) is 5.04. The molecule has 1 heterocycles. The molecular weight excluding hydrogens is 417 g/mol. The fourth-order valence-electron chi connectivity index (χ4n) is 4.93. The fraction of sp³-hybridized carbons (Fsp3) is 0.750. The van der Waals surface area contributed by atoms with Crippen LogP contribution in [0.15, 0.2) is 24.3 Å². The molecule has 2 aliphatic rings. The van der Waals surface area contributed by atoms with Gasteiger partial charge in [-0.1, -0.05) is 6.07 Å². The number of piperazine rings is 1. The molecule has 0 amide bonds. The van der Waals surface area contributed by atoms with E-state index in [9.17, 15) is 18.3 Å². The lowest BCUT2D eigenvalue weighted by atomic mass is 9.84. The highest BCUT2D eigenvalue weighted by atomic mass is 19.4. The lowest BCUT2D eigenvalue weighted by molar-refractivity contribution is -0.137. The van der Waals surface area contributed by atoms with Crippen molar-refractivity contribution in [3.8, 4) is 0 Å². The second-order valence-electron chi connectivity index (χ2n) is 9.35. The van der Waals surface area contributed by atoms with E-state index in [1.165, 1.54) is 31.4 Å². The van der Waals surface area contributed by atoms with E-state index in [0.717, 1.165) is 76.8 Å². The van der Waals surface area contributed by atoms with E-state index in [1.54, 1.807) is 6.07 Å². The third kappa shape index (κ3) is 7.90. The molecule has 3 rings (SSSR count). The SMILES string of the molecule is NCCCCC(O)NC1CCC(CCN2CCN(c3cccc(C(F)(F)F)c3)CC2)CC1. The Bertz CT molecular complexity index is 671. The van der Waals surface area contributed by atoms with Gasteiger partial charge in [0, 0.05) is 37.9 Å². The molecule has 1 aliphatic heterocycles. The molecule has 0 bridgehead atoms. The summed E-state index contributed by atoms with van der Waals surface area (Å²) in [5, 5.41) is 13.5. The Kier molecular flexibility index (Phi) is 9.64. The maximum absolute atomic E-state index is 13.0. The summed E-state index contributed by atoms with van der Waals surface area (Å²) in [7, 11) is 0. The first-order chi connectivity index (χ1) is 15.3. The van der Waals surface area contributed by atoms with Crippen LogP contribution in [0, 0.1) is 5.92 Å². The molecule has 1 saturated carbocycles. The lowest BCUT2D eigenvalue weighted by Crippen LogP contribution is -2.47. The number of nitrogens with two attached hydrogens (primary N) is 1. The van der Waals surface area contributed by atoms with Crippen LogP contribution in [0.25, 0.3) is 0 Å². The van der Waals surface area contributed by atoms with Gasteiger partial charge in [0.1, 0.15) is 6.23 Å². The molecule has 182 valence electrons. The zero-order chi connectivity index (χ0) is 23.0. The third-order valence-corrected chi connectivity index (χ3v) is 6.97. The van der Waals surface area contributed by atoms with Crippen LogP contribution in [0.5, 0.6) is 0 Å². The molecule has 1 atom stereocenters. The first kappa shape index (κ1) is 25.3. The molecule has 0 radical (unpaired) electrons. The number of hydrogen-bond acceptors (Lipinski definition) is 5. The summed E-state index contributed by atoms with van der Waals surface area (Å²) in [5.41, 5.74) is 5.59. The van der Waals surface area contributed by atoms with Crippen molar-refractivity contribution < 1.29 is 18.3 Å². The van der Waals surface area contributed by atoms with Gasteiger partial charge in [0.2, 0.25) is 0 Å². The minimum Gasteiger partial charge on any atom is -0.379 e. The number of unbranched alkanes of at least 4 members (excludes halogenated alkanes) is 1. The number of nitrogens with zero attached hydrogens (tertiary/aromatic N) is 2. The number of anilines is 1. The number of alkyl halides is 3. The van der Waals surface area contributed by atoms with Crippen molar-refractivity contribution in [1.82, 2.24) is 10.2 Å². The highest BCUT2D eigenvalue weighted by Crippen LogP contribution is 2.32. The van der Waals surface area contributed by atoms with Gasteiger partial charge < -0.3 is 15.7 Å². The topological polar surface area (TPSA) is 64.8 Å². The molecule has 1 saturated heterocycles. The van der Waals surface area contributed by atoms with Gasteiger partial charge in [-0.25, -0.2) is 0 Å². The van der Waals surface area contributed by atoms with Gasteiger partial charge in [-0.05, 0) is 88.6 Å². The van der Waals surface area contributed by atoms with Crippen LogP contribution >= 0.6 is 0 Å². The van der Waals surface area contributed by atoms with E-state index < -0.39 is 18.0 Å². The number of aliphatic hydroxyl groups excluding tert-OH is 1. The first-order valence-corrected chi connectivity index (χ1v) is 12.1. The van der Waals surface area contributed by atoms with Gasteiger partial charge in [-0.3, -0.25) is 10.2 Å². The smallest absolute Gasteiger partial charge is 0.379 e. The maximum Gasteiger partial charge on any atom is 0.416 e. The van der Waals surface area contributed by atoms with Gasteiger partial charge in [0.05, 0.1) is 5.56 Å². The van der Waals surface area contributed by atoms with Crippen LogP contribution in [-0.4, -0.2) is 61.5 Å². The Morgan fingerprint density at radius 3 is 2.44 bits per heavy atom. The maximum atomic E-state index is 13.0. The Hall–Kier alpha value is -1.35. The van der Waals surface area contributed by atoms with E-state index in [0.29, 0.717) is 18.3 Å². The van der Waals surface area contributed by atoms with Crippen molar-refractivity contribution in [1.29, 1.82) is 0 Å². The van der Waals surface area contributed by atoms with Crippen molar-refractivity contribution in [3.63, 3.8) is 0 Å². The third-order valence-electron chi connectivity index (χ3n) is 6.97. The van der Waals surface area contributed by atoms with E-state index in [2.05, 4.69) is 15.1 Å². The standard InChI is InChI=1S/C24H39F3N4O/c25-24(26,27)20-4-3-5-22(18-20)31-16-14-30(15-17-31)13-11-19-7-9-21(10-8-19)29-23(32)6-1-2-12-28/h3-5,18-19,21,23,29,32H,1-2,6-17,28H2. The highest BCUT2D eigenvalue weighted by Gasteiger charge is 2.31. The molecule has 1 aromatic rings. The van der Waals surface area contributed by atoms with Gasteiger partial charge >= 0.3 is 6.18 Å². The van der Waals surface area contributed by atoms with Crippen molar-refractivity contribution in [2.24, 2.45) is 11.7 Å². The molecule has 0 spiro atoms. The van der Waals surface area contributed by atoms with Gasteiger partial charge in [0.15, 0.2) is 0 Å². The lowest BCUT2D eigenvalue weighted by Gasteiger charge is -2.37. The monoisotopic (exact) mass is 456 g/mol. The Morgan fingerprint density at radius 1 is 1.06 bits per heavy atom. The number of nitrogens with one attached hydrogen (secondary N) is 1. The van der Waals surface area contributed by atoms with E-state index in [1.807, 2.05) is 0 Å². The molecule has 1 aromatic carbocycles. The predicted molar refractivity (Wildman–Crippen MR) is 123 cm³/mol. The molecule has 32 heavy (non-hydrogen) atoms. The van der Waals surface area contributed by atoms with Crippen LogP contribution in [-0.2, 0) is 6.18 Å². The first-order valence-electron chi connectivity index (χ1n) is 12.1. The minimum absolute atomic E-state index is 0.412. The summed E-state index contributed by atoms with van der Waals surface area (Å²) in [5.74, 6) is 0.726. The Labute approximate surface area is 190 Å². The summed E-state index contributed by atoms with van der Waals surface area (Å²) in [4.78, 5) is 4.50. The average molecular weight is 457 g/mol. The number of benzene rings is 1. The summed E-state index contributed by atoms with van der Waals surface area (Å²) in [6, 6.07) is 6.07. The number of aliphatic hydroxyl groups is 1. The van der Waals surface area contributed by atoms with E-state index >= 15 is 0 Å². The van der Waals surface area contributed by atoms with Gasteiger partial charge in [-0.15, -0.1) is 0 Å². The van der Waals surface area contributed by atoms with E-state index in [4.69, 9.17) is 5.73 Å². The second-order valence-corrected chi connectivity index (χ2v) is 9.35. The highest BCUT2D eigenvalue weighted by molar-refractivity contribution is 5.49. The minimum atomic E-state index is -4.30. The van der Waals surface area contributed by atoms with Crippen LogP contribution in [0.1, 0.15) is 56.9 Å². The Morgan fingerprint density at radius 2 is 1.78 bits per heavy atom. The molecule has 1 aliphatic carbocycles. The predicted octanol–water partition coefficient (Wildman–Crippen LogP) is 3.81. The fourth-order valence-corrected chi connectivity index (χ4v) is 4.93. The second kappa shape index (κ2) is 12.2. The summed E-state index contributed by atoms with van der Waals surface area (Å²) in [6.07, 6.45) is 3.75. The van der Waals surface area contributed by atoms with Crippen molar-refractivity contribution >= 4 is 5.69 Å². The van der Waals surface area contributed by atoms with Crippen molar-refractivity contribution in [3.05, 3.63) is 29.8 Å². The van der Waals surface area contributed by atoms with Crippen LogP contribution in [0.4, 0.5) is 18.9 Å². The summed E-state index contributed by atoms with van der Waals surface area (Å²) >= 11 is 0. The molecular formula is C24H39F3N4O. The van der Waals surface area contributed by atoms with Gasteiger partial charge in [0.25, 0.3) is 0 Å². The van der Waals surface area contributed by atoms with Gasteiger partial charge in [-0.2, -0.15) is 13.2 Å². The van der Waals surface area contributed by atoms with Crippen LogP contribution < -0.4 is 16.0 Å². The normalized spacial score (nSPS) is 24.0. The molecule has 1 unspecified atom stereocenters. The largest absolute Gasteiger partial charge is 0.416 e. The number of rotatable bonds is 10. The molecule has 5 nitrogen and oxygen atoms in total. The van der Waals surface area contributed by atoms with Crippen LogP contribution in [0.2, 0.25) is 0 Å². The molecule has 8 heteroatoms. The summed E-state index contributed by atoms with van der Waals surface area (Å²) < 4.78 is 38.9. The Balaban J connectivity index is 1.32. The molecule has 4 N–H and O–H groups in total. The quantitative estimate of drug-likeness (QED) is 0.369. The van der Waals surface area contributed by atoms with Crippen LogP contribution in [0.3, 0.4) is 0 Å².